The van der Waals surface area contributed by atoms with Gasteiger partial charge in [-0.1, -0.05) is 12.1 Å². The maximum Gasteiger partial charge on any atom is 0.246 e. The summed E-state index contributed by atoms with van der Waals surface area (Å²) in [5.74, 6) is 0.0814. The van der Waals surface area contributed by atoms with Crippen LogP contribution in [0.4, 0.5) is 11.4 Å². The number of carbonyl (C=O) groups is 1. The van der Waals surface area contributed by atoms with Gasteiger partial charge in [0.25, 0.3) is 0 Å². The van der Waals surface area contributed by atoms with Gasteiger partial charge in [-0.25, -0.2) is 0 Å². The zero-order valence-corrected chi connectivity index (χ0v) is 11.2. The van der Waals surface area contributed by atoms with Crippen molar-refractivity contribution < 1.29 is 9.90 Å². The van der Waals surface area contributed by atoms with Crippen molar-refractivity contribution >= 4 is 17.3 Å². The predicted octanol–water partition coefficient (Wildman–Crippen LogP) is 1.12. The van der Waals surface area contributed by atoms with E-state index < -0.39 is 0 Å². The predicted molar refractivity (Wildman–Crippen MR) is 76.3 cm³/mol. The number of hydrogen-bond acceptors (Lipinski definition) is 4. The number of aliphatic hydroxyl groups excluding tert-OH is 1. The number of benzene rings is 1. The number of hydrogen-bond donors (Lipinski definition) is 3. The first-order chi connectivity index (χ1) is 9.26. The monoisotopic (exact) mass is 263 g/mol. The van der Waals surface area contributed by atoms with Crippen LogP contribution in [0.15, 0.2) is 24.3 Å². The Balaban J connectivity index is 2.01. The van der Waals surface area contributed by atoms with E-state index in [2.05, 4.69) is 10.6 Å². The van der Waals surface area contributed by atoms with E-state index in [-0.39, 0.29) is 18.6 Å². The lowest BCUT2D eigenvalue weighted by atomic mass is 10.1. The van der Waals surface area contributed by atoms with Gasteiger partial charge in [-0.05, 0) is 25.5 Å². The number of likely N-dealkylation sites (N-methyl/N-ethyl adjacent to an activating group) is 1. The molecular weight excluding hydrogens is 242 g/mol. The number of anilines is 2. The van der Waals surface area contributed by atoms with E-state index in [1.807, 2.05) is 31.2 Å². The molecule has 3 N–H and O–H groups in total. The summed E-state index contributed by atoms with van der Waals surface area (Å²) in [6.07, 6.45) is 0.621. The number of amides is 1. The van der Waals surface area contributed by atoms with Crippen LogP contribution >= 0.6 is 0 Å². The zero-order valence-electron chi connectivity index (χ0n) is 11.2. The molecule has 0 radical (unpaired) electrons. The Morgan fingerprint density at radius 3 is 2.84 bits per heavy atom. The molecule has 0 aliphatic carbocycles. The number of aliphatic hydroxyl groups is 1. The molecule has 19 heavy (non-hydrogen) atoms. The van der Waals surface area contributed by atoms with E-state index in [1.165, 1.54) is 0 Å². The molecule has 1 aliphatic heterocycles. The van der Waals surface area contributed by atoms with E-state index in [9.17, 15) is 4.79 Å². The first-order valence-corrected chi connectivity index (χ1v) is 6.75. The van der Waals surface area contributed by atoms with E-state index in [4.69, 9.17) is 5.11 Å². The number of fused-ring (bicyclic) bond motifs is 1. The Morgan fingerprint density at radius 2 is 2.16 bits per heavy atom. The van der Waals surface area contributed by atoms with E-state index in [0.717, 1.165) is 11.4 Å². The van der Waals surface area contributed by atoms with Gasteiger partial charge in [0.15, 0.2) is 0 Å². The second kappa shape index (κ2) is 6.43. The van der Waals surface area contributed by atoms with Crippen LogP contribution in [0.5, 0.6) is 0 Å². The number of nitrogens with one attached hydrogen (secondary N) is 2. The largest absolute Gasteiger partial charge is 0.396 e. The highest BCUT2D eigenvalue weighted by Gasteiger charge is 2.26. The number of carbonyl (C=O) groups excluding carboxylic acids is 1. The average Bonchev–Trinajstić information content (AvgIpc) is 2.47. The standard InChI is InChI=1S/C14H21N3O2/c1-2-17(8-5-9-18)14(19)13-10-15-11-6-3-4-7-12(11)16-13/h3-4,6-7,13,15-16,18H,2,5,8-10H2,1H3. The van der Waals surface area contributed by atoms with Gasteiger partial charge < -0.3 is 20.6 Å². The molecule has 1 heterocycles. The van der Waals surface area contributed by atoms with Crippen molar-refractivity contribution in [3.8, 4) is 0 Å². The summed E-state index contributed by atoms with van der Waals surface area (Å²) < 4.78 is 0. The Bertz CT molecular complexity index is 436. The Morgan fingerprint density at radius 1 is 1.42 bits per heavy atom. The van der Waals surface area contributed by atoms with Crippen LogP contribution in [0.2, 0.25) is 0 Å². The van der Waals surface area contributed by atoms with Gasteiger partial charge >= 0.3 is 0 Å². The summed E-state index contributed by atoms with van der Waals surface area (Å²) in [7, 11) is 0. The third-order valence-electron chi connectivity index (χ3n) is 3.33. The summed E-state index contributed by atoms with van der Waals surface area (Å²) >= 11 is 0. The smallest absolute Gasteiger partial charge is 0.246 e. The normalized spacial score (nSPS) is 17.1. The molecule has 1 unspecified atom stereocenters. The Hall–Kier alpha value is -1.75. The van der Waals surface area contributed by atoms with Gasteiger partial charge in [0.2, 0.25) is 5.91 Å². The lowest BCUT2D eigenvalue weighted by Crippen LogP contribution is -2.48. The van der Waals surface area contributed by atoms with Crippen LogP contribution in [0, 0.1) is 0 Å². The van der Waals surface area contributed by atoms with Crippen molar-refractivity contribution in [1.29, 1.82) is 0 Å². The van der Waals surface area contributed by atoms with E-state index in [0.29, 0.717) is 26.1 Å². The van der Waals surface area contributed by atoms with Crippen molar-refractivity contribution in [2.45, 2.75) is 19.4 Å². The molecule has 0 bridgehead atoms. The SMILES string of the molecule is CCN(CCCO)C(=O)C1CNc2ccccc2N1. The van der Waals surface area contributed by atoms with Crippen LogP contribution in [0.25, 0.3) is 0 Å². The molecule has 2 rings (SSSR count). The molecule has 1 aliphatic rings. The minimum atomic E-state index is -0.242. The second-order valence-corrected chi connectivity index (χ2v) is 4.62. The first kappa shape index (κ1) is 13.7. The molecule has 0 saturated heterocycles. The van der Waals surface area contributed by atoms with Crippen LogP contribution in [0.3, 0.4) is 0 Å². The van der Waals surface area contributed by atoms with Crippen LogP contribution in [-0.2, 0) is 4.79 Å². The maximum absolute atomic E-state index is 12.4. The fourth-order valence-corrected chi connectivity index (χ4v) is 2.27. The van der Waals surface area contributed by atoms with E-state index in [1.54, 1.807) is 4.90 Å². The highest BCUT2D eigenvalue weighted by Crippen LogP contribution is 2.25. The molecule has 5 nitrogen and oxygen atoms in total. The van der Waals surface area contributed by atoms with Crippen molar-refractivity contribution in [3.63, 3.8) is 0 Å². The fraction of sp³-hybridized carbons (Fsp3) is 0.500. The number of nitrogens with zero attached hydrogens (tertiary/aromatic N) is 1. The summed E-state index contributed by atoms with van der Waals surface area (Å²) in [6.45, 7) is 3.93. The minimum Gasteiger partial charge on any atom is -0.396 e. The van der Waals surface area contributed by atoms with Crippen molar-refractivity contribution in [3.05, 3.63) is 24.3 Å². The molecule has 0 saturated carbocycles. The van der Waals surface area contributed by atoms with Gasteiger partial charge in [0.1, 0.15) is 6.04 Å². The summed E-state index contributed by atoms with van der Waals surface area (Å²) in [5.41, 5.74) is 2.00. The summed E-state index contributed by atoms with van der Waals surface area (Å²) in [4.78, 5) is 14.2. The van der Waals surface area contributed by atoms with Gasteiger partial charge in [-0.2, -0.15) is 0 Å². The topological polar surface area (TPSA) is 64.6 Å². The lowest BCUT2D eigenvalue weighted by Gasteiger charge is -2.31. The highest BCUT2D eigenvalue weighted by atomic mass is 16.3. The molecule has 0 aromatic heterocycles. The van der Waals surface area contributed by atoms with Gasteiger partial charge in [-0.15, -0.1) is 0 Å². The third-order valence-corrected chi connectivity index (χ3v) is 3.33. The van der Waals surface area contributed by atoms with Crippen LogP contribution < -0.4 is 10.6 Å². The molecule has 5 heteroatoms. The minimum absolute atomic E-state index is 0.0814. The van der Waals surface area contributed by atoms with Crippen molar-refractivity contribution in [2.24, 2.45) is 0 Å². The van der Waals surface area contributed by atoms with Crippen molar-refractivity contribution in [2.75, 3.05) is 36.9 Å². The van der Waals surface area contributed by atoms with Gasteiger partial charge in [-0.3, -0.25) is 4.79 Å². The molecule has 1 atom stereocenters. The molecule has 1 aromatic rings. The van der Waals surface area contributed by atoms with Crippen LogP contribution in [-0.4, -0.2) is 48.2 Å². The lowest BCUT2D eigenvalue weighted by molar-refractivity contribution is -0.131. The first-order valence-electron chi connectivity index (χ1n) is 6.75. The van der Waals surface area contributed by atoms with E-state index >= 15 is 0 Å². The maximum atomic E-state index is 12.4. The Kier molecular flexibility index (Phi) is 4.63. The third kappa shape index (κ3) is 3.17. The molecular formula is C14H21N3O2. The van der Waals surface area contributed by atoms with Gasteiger partial charge in [0, 0.05) is 26.2 Å². The summed E-state index contributed by atoms with van der Waals surface area (Å²) in [5, 5.41) is 15.4. The molecule has 1 aromatic carbocycles. The number of para-hydroxylation sites is 2. The van der Waals surface area contributed by atoms with Crippen molar-refractivity contribution in [1.82, 2.24) is 4.90 Å². The molecule has 0 fully saturated rings. The Labute approximate surface area is 113 Å². The molecule has 0 spiro atoms. The average molecular weight is 263 g/mol. The fourth-order valence-electron chi connectivity index (χ4n) is 2.27. The van der Waals surface area contributed by atoms with Gasteiger partial charge in [0.05, 0.1) is 11.4 Å². The summed E-state index contributed by atoms with van der Waals surface area (Å²) in [6, 6.07) is 7.63. The molecule has 104 valence electrons. The second-order valence-electron chi connectivity index (χ2n) is 4.62. The number of rotatable bonds is 5. The quantitative estimate of drug-likeness (QED) is 0.745. The van der Waals surface area contributed by atoms with Crippen LogP contribution in [0.1, 0.15) is 13.3 Å². The molecule has 1 amide bonds. The highest BCUT2D eigenvalue weighted by molar-refractivity contribution is 5.88. The zero-order chi connectivity index (χ0) is 13.7.